The molecule has 0 atom stereocenters. The van der Waals surface area contributed by atoms with Crippen LogP contribution in [-0.2, 0) is 11.3 Å². The van der Waals surface area contributed by atoms with Crippen molar-refractivity contribution in [1.29, 1.82) is 0 Å². The highest BCUT2D eigenvalue weighted by Gasteiger charge is 2.19. The third-order valence-electron chi connectivity index (χ3n) is 4.92. The summed E-state index contributed by atoms with van der Waals surface area (Å²) in [5, 5.41) is 7.80. The third-order valence-corrected chi connectivity index (χ3v) is 4.92. The largest absolute Gasteiger partial charge is 0.492 e. The quantitative estimate of drug-likeness (QED) is 0.482. The smallest absolute Gasteiger partial charge is 0.360 e. The van der Waals surface area contributed by atoms with Crippen LogP contribution < -0.4 is 9.64 Å². The highest BCUT2D eigenvalue weighted by molar-refractivity contribution is 5.86. The Bertz CT molecular complexity index is 756. The molecule has 1 fully saturated rings. The van der Waals surface area contributed by atoms with Gasteiger partial charge in [0.25, 0.3) is 0 Å². The lowest BCUT2D eigenvalue weighted by atomic mass is 10.2. The number of aryl methyl sites for hydroxylation is 1. The lowest BCUT2D eigenvalue weighted by Gasteiger charge is -2.36. The van der Waals surface area contributed by atoms with Crippen LogP contribution in [0.25, 0.3) is 0 Å². The van der Waals surface area contributed by atoms with E-state index in [0.717, 1.165) is 57.9 Å². The Kier molecular flexibility index (Phi) is 7.25. The van der Waals surface area contributed by atoms with Crippen molar-refractivity contribution in [1.82, 2.24) is 19.9 Å². The second kappa shape index (κ2) is 10.1. The van der Waals surface area contributed by atoms with Gasteiger partial charge in [0.2, 0.25) is 0 Å². The van der Waals surface area contributed by atoms with Gasteiger partial charge in [-0.3, -0.25) is 9.58 Å². The lowest BCUT2D eigenvalue weighted by Crippen LogP contribution is -2.46. The first-order valence-electron chi connectivity index (χ1n) is 9.89. The second-order valence-electron chi connectivity index (χ2n) is 6.79. The number of para-hydroxylation sites is 2. The number of hydrogen-bond donors (Lipinski definition) is 0. The van der Waals surface area contributed by atoms with Crippen molar-refractivity contribution in [2.24, 2.45) is 0 Å². The second-order valence-corrected chi connectivity index (χ2v) is 6.79. The van der Waals surface area contributed by atoms with Gasteiger partial charge in [0, 0.05) is 32.7 Å². The number of methoxy groups -OCH3 is 1. The summed E-state index contributed by atoms with van der Waals surface area (Å²) in [5.74, 6) is 0.521. The van der Waals surface area contributed by atoms with E-state index in [2.05, 4.69) is 37.0 Å². The Morgan fingerprint density at radius 2 is 1.86 bits per heavy atom. The number of ether oxygens (including phenoxy) is 2. The summed E-state index contributed by atoms with van der Waals surface area (Å²) in [5.41, 5.74) is 1.45. The summed E-state index contributed by atoms with van der Waals surface area (Å²) < 4.78 is 12.1. The van der Waals surface area contributed by atoms with Gasteiger partial charge < -0.3 is 14.4 Å². The summed E-state index contributed by atoms with van der Waals surface area (Å²) in [6.45, 7) is 8.65. The van der Waals surface area contributed by atoms with Gasteiger partial charge in [-0.2, -0.15) is 0 Å². The maximum absolute atomic E-state index is 11.4. The van der Waals surface area contributed by atoms with E-state index in [1.807, 2.05) is 19.1 Å². The number of esters is 1. The van der Waals surface area contributed by atoms with Gasteiger partial charge in [0.05, 0.1) is 25.6 Å². The molecule has 1 aromatic carbocycles. The van der Waals surface area contributed by atoms with Crippen molar-refractivity contribution < 1.29 is 14.3 Å². The molecule has 28 heavy (non-hydrogen) atoms. The van der Waals surface area contributed by atoms with Crippen LogP contribution in [0.4, 0.5) is 5.69 Å². The van der Waals surface area contributed by atoms with Gasteiger partial charge >= 0.3 is 5.97 Å². The highest BCUT2D eigenvalue weighted by Crippen LogP contribution is 2.28. The Morgan fingerprint density at radius 1 is 1.11 bits per heavy atom. The molecular weight excluding hydrogens is 358 g/mol. The van der Waals surface area contributed by atoms with Crippen LogP contribution in [0.2, 0.25) is 0 Å². The molecule has 0 saturated carbocycles. The zero-order valence-corrected chi connectivity index (χ0v) is 16.7. The standard InChI is InChI=1S/C20H29N5O3/c1-3-28-19-9-5-4-8-18(19)24-14-12-23(13-15-24)10-6-7-11-25-16-17(21-22-25)20(26)27-2/h4-5,8-9,16H,3,6-7,10-15H2,1-2H3. The molecule has 8 nitrogen and oxygen atoms in total. The first-order chi connectivity index (χ1) is 13.7. The average Bonchev–Trinajstić information content (AvgIpc) is 3.21. The van der Waals surface area contributed by atoms with Gasteiger partial charge in [-0.1, -0.05) is 17.3 Å². The minimum Gasteiger partial charge on any atom is -0.492 e. The minimum absolute atomic E-state index is 0.256. The highest BCUT2D eigenvalue weighted by atomic mass is 16.5. The molecule has 2 heterocycles. The van der Waals surface area contributed by atoms with Gasteiger partial charge in [0.15, 0.2) is 5.69 Å². The molecule has 0 unspecified atom stereocenters. The molecule has 0 N–H and O–H groups in total. The Morgan fingerprint density at radius 3 is 2.61 bits per heavy atom. The third kappa shape index (κ3) is 5.22. The van der Waals surface area contributed by atoms with E-state index in [1.165, 1.54) is 12.8 Å². The fraction of sp³-hybridized carbons (Fsp3) is 0.550. The van der Waals surface area contributed by atoms with Crippen LogP contribution in [-0.4, -0.2) is 72.3 Å². The van der Waals surface area contributed by atoms with Crippen molar-refractivity contribution in [2.75, 3.05) is 51.3 Å². The average molecular weight is 387 g/mol. The van der Waals surface area contributed by atoms with E-state index in [0.29, 0.717) is 6.61 Å². The molecule has 0 radical (unpaired) electrons. The van der Waals surface area contributed by atoms with Crippen LogP contribution in [0.15, 0.2) is 30.5 Å². The van der Waals surface area contributed by atoms with Crippen molar-refractivity contribution in [3.05, 3.63) is 36.2 Å². The number of benzene rings is 1. The molecule has 0 amide bonds. The predicted molar refractivity (Wildman–Crippen MR) is 107 cm³/mol. The molecule has 8 heteroatoms. The first-order valence-corrected chi connectivity index (χ1v) is 9.89. The number of carbonyl (C=O) groups excluding carboxylic acids is 1. The van der Waals surface area contributed by atoms with Crippen LogP contribution in [0.1, 0.15) is 30.3 Å². The Hall–Kier alpha value is -2.61. The van der Waals surface area contributed by atoms with Gasteiger partial charge in [-0.05, 0) is 38.4 Å². The van der Waals surface area contributed by atoms with Gasteiger partial charge in [-0.25, -0.2) is 4.79 Å². The molecule has 0 bridgehead atoms. The van der Waals surface area contributed by atoms with Gasteiger partial charge in [-0.15, -0.1) is 5.10 Å². The predicted octanol–water partition coefficient (Wildman–Crippen LogP) is 2.07. The topological polar surface area (TPSA) is 72.7 Å². The maximum Gasteiger partial charge on any atom is 0.360 e. The normalized spacial score (nSPS) is 14.9. The number of nitrogens with zero attached hydrogens (tertiary/aromatic N) is 5. The van der Waals surface area contributed by atoms with Crippen molar-refractivity contribution in [2.45, 2.75) is 26.3 Å². The van der Waals surface area contributed by atoms with E-state index in [1.54, 1.807) is 10.9 Å². The monoisotopic (exact) mass is 387 g/mol. The summed E-state index contributed by atoms with van der Waals surface area (Å²) in [4.78, 5) is 16.3. The van der Waals surface area contributed by atoms with E-state index >= 15 is 0 Å². The number of carbonyl (C=O) groups is 1. The Labute approximate surface area is 166 Å². The van der Waals surface area contributed by atoms with Gasteiger partial charge in [0.1, 0.15) is 5.75 Å². The molecule has 3 rings (SSSR count). The fourth-order valence-electron chi connectivity index (χ4n) is 3.42. The molecule has 1 aliphatic rings. The number of aromatic nitrogens is 3. The number of hydrogen-bond acceptors (Lipinski definition) is 7. The molecule has 1 saturated heterocycles. The molecule has 0 aliphatic carbocycles. The number of rotatable bonds is 9. The van der Waals surface area contributed by atoms with Crippen molar-refractivity contribution in [3.8, 4) is 5.75 Å². The van der Waals surface area contributed by atoms with Crippen LogP contribution in [0, 0.1) is 0 Å². The molecule has 0 spiro atoms. The number of piperazine rings is 1. The Balaban J connectivity index is 1.38. The lowest BCUT2D eigenvalue weighted by molar-refractivity contribution is 0.0594. The zero-order valence-electron chi connectivity index (χ0n) is 16.7. The number of unbranched alkanes of at least 4 members (excludes halogenated alkanes) is 1. The molecular formula is C20H29N5O3. The summed E-state index contributed by atoms with van der Waals surface area (Å²) in [7, 11) is 1.34. The summed E-state index contributed by atoms with van der Waals surface area (Å²) >= 11 is 0. The van der Waals surface area contributed by atoms with E-state index in [4.69, 9.17) is 4.74 Å². The van der Waals surface area contributed by atoms with E-state index in [9.17, 15) is 4.79 Å². The number of anilines is 1. The van der Waals surface area contributed by atoms with E-state index < -0.39 is 5.97 Å². The zero-order chi connectivity index (χ0) is 19.8. The summed E-state index contributed by atoms with van der Waals surface area (Å²) in [6.07, 6.45) is 3.72. The fourth-order valence-corrected chi connectivity index (χ4v) is 3.42. The molecule has 1 aliphatic heterocycles. The van der Waals surface area contributed by atoms with Crippen LogP contribution >= 0.6 is 0 Å². The minimum atomic E-state index is -0.449. The van der Waals surface area contributed by atoms with Crippen molar-refractivity contribution in [3.63, 3.8) is 0 Å². The summed E-state index contributed by atoms with van der Waals surface area (Å²) in [6, 6.07) is 8.27. The van der Waals surface area contributed by atoms with Crippen molar-refractivity contribution >= 4 is 11.7 Å². The van der Waals surface area contributed by atoms with E-state index in [-0.39, 0.29) is 5.69 Å². The molecule has 1 aromatic heterocycles. The maximum atomic E-state index is 11.4. The molecule has 2 aromatic rings. The van der Waals surface area contributed by atoms with Crippen LogP contribution in [0.3, 0.4) is 0 Å². The molecule has 152 valence electrons. The SMILES string of the molecule is CCOc1ccccc1N1CCN(CCCCn2cc(C(=O)OC)nn2)CC1. The first kappa shape index (κ1) is 20.1. The van der Waals surface area contributed by atoms with Crippen LogP contribution in [0.5, 0.6) is 5.75 Å².